The van der Waals surface area contributed by atoms with Gasteiger partial charge in [0.05, 0.1) is 6.10 Å². The third-order valence-electron chi connectivity index (χ3n) is 6.26. The largest absolute Gasteiger partial charge is 0.491 e. The predicted octanol–water partition coefficient (Wildman–Crippen LogP) is 7.25. The lowest BCUT2D eigenvalue weighted by Crippen LogP contribution is -2.37. The third-order valence-corrected chi connectivity index (χ3v) is 6.51. The van der Waals surface area contributed by atoms with Gasteiger partial charge in [-0.05, 0) is 74.6 Å². The first-order valence-corrected chi connectivity index (χ1v) is 13.8. The molecule has 0 aliphatic heterocycles. The molecule has 204 valence electrons. The van der Waals surface area contributed by atoms with Crippen molar-refractivity contribution in [2.75, 3.05) is 6.54 Å². The van der Waals surface area contributed by atoms with Crippen LogP contribution in [0.3, 0.4) is 0 Å². The average molecular weight is 537 g/mol. The Balaban J connectivity index is 2.03. The number of carbonyl (C=O) groups is 2. The van der Waals surface area contributed by atoms with E-state index in [0.29, 0.717) is 42.3 Å². The number of amides is 1. The second-order valence-corrected chi connectivity index (χ2v) is 9.45. The molecule has 2 aromatic carbocycles. The van der Waals surface area contributed by atoms with Crippen molar-refractivity contribution in [3.63, 3.8) is 0 Å². The van der Waals surface area contributed by atoms with Gasteiger partial charge >= 0.3 is 0 Å². The molecular formula is C32H41ClN2O3. The number of ether oxygens (including phenoxy) is 1. The molecule has 0 aliphatic carbocycles. The van der Waals surface area contributed by atoms with Gasteiger partial charge in [0, 0.05) is 30.1 Å². The number of rotatable bonds is 16. The Hall–Kier alpha value is -3.15. The molecule has 0 fully saturated rings. The highest BCUT2D eigenvalue weighted by atomic mass is 35.5. The topological polar surface area (TPSA) is 67.4 Å². The average Bonchev–Trinajstić information content (AvgIpc) is 2.95. The standard InChI is InChI=1S/C32H41ClN2O3/c1-5-27(18-20-29(7-3)38-30(8-4)21-19-28(36)6-2)35-32(37)31(25-12-10-9-11-13-25)34-23-22-24-14-16-26(33)17-15-24/h5,7,9-18,20,30-31,34H,6,8,19,21-23H2,1-4H3,(H,35,37)/b20-18-,27-5+,29-7+. The predicted molar refractivity (Wildman–Crippen MR) is 157 cm³/mol. The summed E-state index contributed by atoms with van der Waals surface area (Å²) in [4.78, 5) is 25.1. The van der Waals surface area contributed by atoms with E-state index in [1.165, 1.54) is 0 Å². The zero-order valence-electron chi connectivity index (χ0n) is 23.0. The van der Waals surface area contributed by atoms with Gasteiger partial charge < -0.3 is 15.4 Å². The summed E-state index contributed by atoms with van der Waals surface area (Å²) in [7, 11) is 0. The Labute approximate surface area is 233 Å². The Morgan fingerprint density at radius 3 is 2.29 bits per heavy atom. The summed E-state index contributed by atoms with van der Waals surface area (Å²) in [5.74, 6) is 0.811. The lowest BCUT2D eigenvalue weighted by Gasteiger charge is -2.20. The van der Waals surface area contributed by atoms with Crippen LogP contribution in [-0.4, -0.2) is 24.3 Å². The van der Waals surface area contributed by atoms with Crippen LogP contribution in [0.2, 0.25) is 5.02 Å². The maximum absolute atomic E-state index is 13.4. The van der Waals surface area contributed by atoms with E-state index in [9.17, 15) is 9.59 Å². The smallest absolute Gasteiger partial charge is 0.246 e. The van der Waals surface area contributed by atoms with E-state index in [1.54, 1.807) is 0 Å². The van der Waals surface area contributed by atoms with Crippen molar-refractivity contribution in [2.45, 2.75) is 71.9 Å². The van der Waals surface area contributed by atoms with Crippen molar-refractivity contribution in [1.29, 1.82) is 0 Å². The van der Waals surface area contributed by atoms with Crippen molar-refractivity contribution in [3.05, 3.63) is 107 Å². The summed E-state index contributed by atoms with van der Waals surface area (Å²) in [6.45, 7) is 8.36. The zero-order chi connectivity index (χ0) is 27.8. The summed E-state index contributed by atoms with van der Waals surface area (Å²) in [6, 6.07) is 16.9. The van der Waals surface area contributed by atoms with Gasteiger partial charge in [-0.1, -0.05) is 74.0 Å². The van der Waals surface area contributed by atoms with Crippen LogP contribution < -0.4 is 10.6 Å². The first kappa shape index (κ1) is 31.1. The molecule has 0 radical (unpaired) electrons. The minimum Gasteiger partial charge on any atom is -0.491 e. The minimum absolute atomic E-state index is 0.0303. The molecule has 6 heteroatoms. The van der Waals surface area contributed by atoms with Crippen LogP contribution in [0.25, 0.3) is 0 Å². The molecule has 0 bridgehead atoms. The third kappa shape index (κ3) is 11.1. The maximum atomic E-state index is 13.4. The van der Waals surface area contributed by atoms with Gasteiger partial charge in [-0.25, -0.2) is 0 Å². The molecule has 2 aromatic rings. The van der Waals surface area contributed by atoms with E-state index < -0.39 is 6.04 Å². The normalized spacial score (nSPS) is 13.8. The van der Waals surface area contributed by atoms with E-state index in [1.807, 2.05) is 99.7 Å². The van der Waals surface area contributed by atoms with Crippen molar-refractivity contribution in [2.24, 2.45) is 0 Å². The number of nitrogens with one attached hydrogen (secondary N) is 2. The Bertz CT molecular complexity index is 1090. The van der Waals surface area contributed by atoms with Crippen LogP contribution in [0.4, 0.5) is 0 Å². The first-order valence-electron chi connectivity index (χ1n) is 13.4. The fourth-order valence-electron chi connectivity index (χ4n) is 3.86. The molecule has 0 aromatic heterocycles. The fraction of sp³-hybridized carbons (Fsp3) is 0.375. The van der Waals surface area contributed by atoms with Gasteiger partial charge in [-0.15, -0.1) is 0 Å². The summed E-state index contributed by atoms with van der Waals surface area (Å²) >= 11 is 5.99. The summed E-state index contributed by atoms with van der Waals surface area (Å²) in [5, 5.41) is 7.16. The van der Waals surface area contributed by atoms with Crippen molar-refractivity contribution in [3.8, 4) is 0 Å². The highest BCUT2D eigenvalue weighted by Crippen LogP contribution is 2.17. The van der Waals surface area contributed by atoms with Gasteiger partial charge in [0.2, 0.25) is 5.91 Å². The molecule has 1 amide bonds. The highest BCUT2D eigenvalue weighted by molar-refractivity contribution is 6.30. The minimum atomic E-state index is -0.509. The molecule has 5 nitrogen and oxygen atoms in total. The molecule has 2 atom stereocenters. The van der Waals surface area contributed by atoms with E-state index in [2.05, 4.69) is 17.6 Å². The number of halogens is 1. The quantitative estimate of drug-likeness (QED) is 0.175. The molecule has 0 saturated carbocycles. The summed E-state index contributed by atoms with van der Waals surface area (Å²) < 4.78 is 6.12. The van der Waals surface area contributed by atoms with Crippen LogP contribution in [-0.2, 0) is 20.7 Å². The second kappa shape index (κ2) is 17.4. The lowest BCUT2D eigenvalue weighted by molar-refractivity contribution is -0.122. The first-order chi connectivity index (χ1) is 18.4. The van der Waals surface area contributed by atoms with Crippen LogP contribution in [0.5, 0.6) is 0 Å². The van der Waals surface area contributed by atoms with Crippen LogP contribution >= 0.6 is 11.6 Å². The lowest BCUT2D eigenvalue weighted by atomic mass is 10.1. The molecule has 0 spiro atoms. The van der Waals surface area contributed by atoms with Crippen LogP contribution in [0.15, 0.2) is 90.4 Å². The molecule has 2 rings (SSSR count). The fourth-order valence-corrected chi connectivity index (χ4v) is 3.98. The summed E-state index contributed by atoms with van der Waals surface area (Å²) in [6.07, 6.45) is 10.8. The van der Waals surface area contributed by atoms with Crippen LogP contribution in [0.1, 0.15) is 70.5 Å². The van der Waals surface area contributed by atoms with Crippen molar-refractivity contribution in [1.82, 2.24) is 10.6 Å². The molecule has 0 aliphatic rings. The monoisotopic (exact) mass is 536 g/mol. The molecule has 2 unspecified atom stereocenters. The number of benzene rings is 2. The Kier molecular flexibility index (Phi) is 14.2. The van der Waals surface area contributed by atoms with Gasteiger partial charge in [0.1, 0.15) is 17.6 Å². The Morgan fingerprint density at radius 2 is 1.68 bits per heavy atom. The zero-order valence-corrected chi connectivity index (χ0v) is 23.8. The molecule has 0 heterocycles. The Morgan fingerprint density at radius 1 is 0.974 bits per heavy atom. The number of Topliss-reactive ketones (excluding diaryl/α,β-unsaturated/α-hetero) is 1. The van der Waals surface area contributed by atoms with E-state index in [4.69, 9.17) is 16.3 Å². The SMILES string of the molecule is C\C=C(/C=C\C(=C/C)OC(CC)CCC(=O)CC)NC(=O)C(NCCc1ccc(Cl)cc1)c1ccccc1. The summed E-state index contributed by atoms with van der Waals surface area (Å²) in [5.41, 5.74) is 2.72. The van der Waals surface area contributed by atoms with Crippen molar-refractivity contribution < 1.29 is 14.3 Å². The van der Waals surface area contributed by atoms with E-state index >= 15 is 0 Å². The highest BCUT2D eigenvalue weighted by Gasteiger charge is 2.20. The molecule has 2 N–H and O–H groups in total. The second-order valence-electron chi connectivity index (χ2n) is 9.01. The van der Waals surface area contributed by atoms with Gasteiger partial charge in [-0.3, -0.25) is 9.59 Å². The molecular weight excluding hydrogens is 496 g/mol. The molecule has 38 heavy (non-hydrogen) atoms. The number of ketones is 1. The van der Waals surface area contributed by atoms with E-state index in [-0.39, 0.29) is 17.8 Å². The number of hydrogen-bond donors (Lipinski definition) is 2. The van der Waals surface area contributed by atoms with E-state index in [0.717, 1.165) is 24.0 Å². The number of carbonyl (C=O) groups excluding carboxylic acids is 2. The number of hydrogen-bond acceptors (Lipinski definition) is 4. The van der Waals surface area contributed by atoms with Crippen LogP contribution in [0, 0.1) is 0 Å². The van der Waals surface area contributed by atoms with Crippen molar-refractivity contribution >= 4 is 23.3 Å². The number of allylic oxidation sites excluding steroid dienone is 4. The maximum Gasteiger partial charge on any atom is 0.246 e. The van der Waals surface area contributed by atoms with Gasteiger partial charge in [-0.2, -0.15) is 0 Å². The van der Waals surface area contributed by atoms with Gasteiger partial charge in [0.25, 0.3) is 0 Å². The molecule has 0 saturated heterocycles. The van der Waals surface area contributed by atoms with Gasteiger partial charge in [0.15, 0.2) is 0 Å².